The van der Waals surface area contributed by atoms with Crippen molar-refractivity contribution in [3.05, 3.63) is 60.0 Å². The number of aliphatic carboxylic acids is 1. The van der Waals surface area contributed by atoms with Gasteiger partial charge in [0, 0.05) is 23.5 Å². The molecule has 1 aromatic rings. The Morgan fingerprint density at radius 3 is 3.00 bits per heavy atom. The molecular formula is C14H14N2O2. The predicted molar refractivity (Wildman–Crippen MR) is 71.7 cm³/mol. The quantitative estimate of drug-likeness (QED) is 0.709. The van der Waals surface area contributed by atoms with Crippen molar-refractivity contribution >= 4 is 17.6 Å². The number of nitrogens with one attached hydrogen (secondary N) is 1. The second-order valence-corrected chi connectivity index (χ2v) is 3.94. The summed E-state index contributed by atoms with van der Waals surface area (Å²) in [6.45, 7) is 0. The maximum atomic E-state index is 10.4. The van der Waals surface area contributed by atoms with Gasteiger partial charge in [0.1, 0.15) is 0 Å². The first-order valence-electron chi connectivity index (χ1n) is 5.58. The molecule has 0 amide bonds. The Bertz CT molecular complexity index is 562. The predicted octanol–water partition coefficient (Wildman–Crippen LogP) is 1.95. The van der Waals surface area contributed by atoms with Gasteiger partial charge in [-0.1, -0.05) is 30.4 Å². The number of hydrogen-bond acceptors (Lipinski definition) is 2. The molecule has 1 unspecified atom stereocenters. The van der Waals surface area contributed by atoms with E-state index in [4.69, 9.17) is 10.8 Å². The molecule has 0 fully saturated rings. The van der Waals surface area contributed by atoms with E-state index in [0.29, 0.717) is 0 Å². The number of aromatic nitrogens is 1. The average Bonchev–Trinajstić information content (AvgIpc) is 2.69. The van der Waals surface area contributed by atoms with Gasteiger partial charge in [-0.25, -0.2) is 4.79 Å². The van der Waals surface area contributed by atoms with E-state index in [2.05, 4.69) is 4.98 Å². The van der Waals surface area contributed by atoms with E-state index in [9.17, 15) is 4.79 Å². The number of carboxylic acids is 1. The summed E-state index contributed by atoms with van der Waals surface area (Å²) >= 11 is 0. The van der Waals surface area contributed by atoms with Crippen LogP contribution >= 0.6 is 0 Å². The molecule has 18 heavy (non-hydrogen) atoms. The molecule has 0 saturated carbocycles. The van der Waals surface area contributed by atoms with Gasteiger partial charge >= 0.3 is 5.97 Å². The van der Waals surface area contributed by atoms with Crippen molar-refractivity contribution in [2.75, 3.05) is 0 Å². The van der Waals surface area contributed by atoms with Crippen LogP contribution in [-0.4, -0.2) is 22.1 Å². The van der Waals surface area contributed by atoms with Crippen molar-refractivity contribution in [1.82, 2.24) is 4.98 Å². The van der Waals surface area contributed by atoms with Crippen LogP contribution in [0.25, 0.3) is 11.6 Å². The fourth-order valence-electron chi connectivity index (χ4n) is 1.64. The van der Waals surface area contributed by atoms with Crippen LogP contribution in [0.4, 0.5) is 0 Å². The fraction of sp³-hybridized carbons (Fsp3) is 0.0714. The fourth-order valence-corrected chi connectivity index (χ4v) is 1.64. The Morgan fingerprint density at radius 1 is 1.39 bits per heavy atom. The number of hydrogen-bond donors (Lipinski definition) is 3. The molecule has 1 aliphatic rings. The van der Waals surface area contributed by atoms with Gasteiger partial charge in [0.2, 0.25) is 0 Å². The molecule has 1 aromatic heterocycles. The molecule has 2 rings (SSSR count). The molecule has 0 aliphatic heterocycles. The summed E-state index contributed by atoms with van der Waals surface area (Å²) in [6, 6.07) is 3.67. The molecule has 4 heteroatoms. The van der Waals surface area contributed by atoms with E-state index in [0.717, 1.165) is 23.0 Å². The van der Waals surface area contributed by atoms with Crippen LogP contribution in [0.1, 0.15) is 11.4 Å². The Labute approximate surface area is 105 Å². The van der Waals surface area contributed by atoms with E-state index in [1.807, 2.05) is 42.5 Å². The lowest BCUT2D eigenvalue weighted by atomic mass is 10.1. The van der Waals surface area contributed by atoms with E-state index >= 15 is 0 Å². The summed E-state index contributed by atoms with van der Waals surface area (Å²) < 4.78 is 0. The largest absolute Gasteiger partial charge is 0.478 e. The first-order valence-corrected chi connectivity index (χ1v) is 5.58. The molecular weight excluding hydrogens is 228 g/mol. The SMILES string of the molecule is NC1C=CC=C(c2ccc(/C=C/C(=O)O)[nH]2)C=C1. The minimum Gasteiger partial charge on any atom is -0.478 e. The normalized spacial score (nSPS) is 18.9. The third-order valence-corrected chi connectivity index (χ3v) is 2.53. The minimum atomic E-state index is -0.964. The number of aromatic amines is 1. The van der Waals surface area contributed by atoms with Crippen molar-refractivity contribution in [2.45, 2.75) is 6.04 Å². The Balaban J connectivity index is 2.20. The van der Waals surface area contributed by atoms with Crippen LogP contribution in [-0.2, 0) is 4.79 Å². The van der Waals surface area contributed by atoms with E-state index in [1.165, 1.54) is 6.08 Å². The van der Waals surface area contributed by atoms with E-state index in [1.54, 1.807) is 0 Å². The Kier molecular flexibility index (Phi) is 3.60. The summed E-state index contributed by atoms with van der Waals surface area (Å²) in [6.07, 6.45) is 12.2. The number of nitrogens with two attached hydrogens (primary N) is 1. The maximum absolute atomic E-state index is 10.4. The first-order chi connectivity index (χ1) is 8.65. The Morgan fingerprint density at radius 2 is 2.22 bits per heavy atom. The molecule has 4 N–H and O–H groups in total. The summed E-state index contributed by atoms with van der Waals surface area (Å²) in [5.74, 6) is -0.964. The zero-order chi connectivity index (χ0) is 13.0. The highest BCUT2D eigenvalue weighted by Crippen LogP contribution is 2.18. The number of rotatable bonds is 3. The number of carboxylic acid groups (broad SMARTS) is 1. The summed E-state index contributed by atoms with van der Waals surface area (Å²) in [5.41, 5.74) is 8.45. The van der Waals surface area contributed by atoms with Crippen molar-refractivity contribution in [3.63, 3.8) is 0 Å². The van der Waals surface area contributed by atoms with Gasteiger partial charge in [-0.15, -0.1) is 0 Å². The summed E-state index contributed by atoms with van der Waals surface area (Å²) in [4.78, 5) is 13.6. The molecule has 0 radical (unpaired) electrons. The smallest absolute Gasteiger partial charge is 0.328 e. The van der Waals surface area contributed by atoms with Gasteiger partial charge in [0.15, 0.2) is 0 Å². The standard InChI is InChI=1S/C14H14N2O2/c15-11-3-1-2-10(4-5-11)13-8-6-12(16-13)7-9-14(17)18/h1-9,11,16H,15H2,(H,17,18)/b9-7+. The summed E-state index contributed by atoms with van der Waals surface area (Å²) in [5, 5.41) is 8.55. The highest BCUT2D eigenvalue weighted by Gasteiger charge is 2.03. The molecule has 0 spiro atoms. The van der Waals surface area contributed by atoms with Crippen LogP contribution in [0.15, 0.2) is 48.6 Å². The molecule has 1 atom stereocenters. The number of carbonyl (C=O) groups is 1. The van der Waals surface area contributed by atoms with Crippen LogP contribution in [0.5, 0.6) is 0 Å². The van der Waals surface area contributed by atoms with Crippen molar-refractivity contribution in [1.29, 1.82) is 0 Å². The van der Waals surface area contributed by atoms with Crippen LogP contribution in [0.2, 0.25) is 0 Å². The van der Waals surface area contributed by atoms with Gasteiger partial charge in [-0.05, 0) is 23.8 Å². The van der Waals surface area contributed by atoms with Crippen molar-refractivity contribution in [2.24, 2.45) is 5.73 Å². The van der Waals surface area contributed by atoms with Gasteiger partial charge in [0.05, 0.1) is 0 Å². The molecule has 0 aromatic carbocycles. The zero-order valence-electron chi connectivity index (χ0n) is 9.71. The topological polar surface area (TPSA) is 79.1 Å². The second kappa shape index (κ2) is 5.33. The number of H-pyrrole nitrogens is 1. The van der Waals surface area contributed by atoms with Gasteiger partial charge < -0.3 is 15.8 Å². The van der Waals surface area contributed by atoms with Crippen molar-refractivity contribution in [3.8, 4) is 0 Å². The third kappa shape index (κ3) is 3.09. The van der Waals surface area contributed by atoms with Crippen molar-refractivity contribution < 1.29 is 9.90 Å². The minimum absolute atomic E-state index is 0.0694. The Hall–Kier alpha value is -2.33. The first kappa shape index (κ1) is 12.1. The van der Waals surface area contributed by atoms with Crippen LogP contribution in [0.3, 0.4) is 0 Å². The molecule has 1 heterocycles. The van der Waals surface area contributed by atoms with Gasteiger partial charge in [-0.3, -0.25) is 0 Å². The molecule has 0 bridgehead atoms. The average molecular weight is 242 g/mol. The van der Waals surface area contributed by atoms with E-state index in [-0.39, 0.29) is 6.04 Å². The lowest BCUT2D eigenvalue weighted by molar-refractivity contribution is -0.131. The molecule has 0 saturated heterocycles. The van der Waals surface area contributed by atoms with E-state index < -0.39 is 5.97 Å². The van der Waals surface area contributed by atoms with Gasteiger partial charge in [-0.2, -0.15) is 0 Å². The highest BCUT2D eigenvalue weighted by atomic mass is 16.4. The van der Waals surface area contributed by atoms with Crippen LogP contribution in [0, 0.1) is 0 Å². The third-order valence-electron chi connectivity index (χ3n) is 2.53. The molecule has 4 nitrogen and oxygen atoms in total. The number of allylic oxidation sites excluding steroid dienone is 4. The molecule has 1 aliphatic carbocycles. The molecule has 92 valence electrons. The monoisotopic (exact) mass is 242 g/mol. The van der Waals surface area contributed by atoms with Gasteiger partial charge in [0.25, 0.3) is 0 Å². The van der Waals surface area contributed by atoms with Crippen LogP contribution < -0.4 is 5.73 Å². The highest BCUT2D eigenvalue weighted by molar-refractivity contribution is 5.85. The summed E-state index contributed by atoms with van der Waals surface area (Å²) in [7, 11) is 0. The maximum Gasteiger partial charge on any atom is 0.328 e. The lowest BCUT2D eigenvalue weighted by Crippen LogP contribution is -2.11. The lowest BCUT2D eigenvalue weighted by Gasteiger charge is -1.97. The zero-order valence-corrected chi connectivity index (χ0v) is 9.71. The second-order valence-electron chi connectivity index (χ2n) is 3.94.